The third-order valence-electron chi connectivity index (χ3n) is 1.89. The van der Waals surface area contributed by atoms with Crippen LogP contribution in [-0.4, -0.2) is 11.2 Å². The van der Waals surface area contributed by atoms with Crippen LogP contribution in [0.3, 0.4) is 0 Å². The summed E-state index contributed by atoms with van der Waals surface area (Å²) in [5.74, 6) is -4.36. The minimum absolute atomic E-state index is 0.0691. The Morgan fingerprint density at radius 3 is 1.78 bits per heavy atom. The fraction of sp³-hybridized carbons (Fsp3) is 0.444. The van der Waals surface area contributed by atoms with Gasteiger partial charge in [0.15, 0.2) is 0 Å². The van der Waals surface area contributed by atoms with Crippen molar-refractivity contribution in [3.8, 4) is 0 Å². The number of nitrogens with zero attached hydrogens (tertiary/aromatic N) is 1. The first-order valence-electron chi connectivity index (χ1n) is 4.40. The highest BCUT2D eigenvalue weighted by atomic mass is 19.4. The van der Waals surface area contributed by atoms with Crippen LogP contribution in [0.5, 0.6) is 0 Å². The maximum Gasteiger partial charge on any atom is 0.417 e. The quantitative estimate of drug-likeness (QED) is 0.741. The summed E-state index contributed by atoms with van der Waals surface area (Å²) in [7, 11) is 0. The fourth-order valence-corrected chi connectivity index (χ4v) is 1.12. The summed E-state index contributed by atoms with van der Waals surface area (Å²) >= 11 is 0. The standard InChI is InChI=1S/C9H5F8N/c10-7(11,4-8(12,13)14)6-2-1-5(3-18-6)9(15,16)17/h1-3H,4H2. The van der Waals surface area contributed by atoms with Crippen LogP contribution in [-0.2, 0) is 12.1 Å². The molecule has 0 unspecified atom stereocenters. The van der Waals surface area contributed by atoms with E-state index in [1.807, 2.05) is 0 Å². The Labute approximate surface area is 95.4 Å². The molecule has 0 amide bonds. The number of hydrogen-bond donors (Lipinski definition) is 0. The molecule has 102 valence electrons. The maximum atomic E-state index is 13.0. The second-order valence-electron chi connectivity index (χ2n) is 3.43. The van der Waals surface area contributed by atoms with Gasteiger partial charge in [0.05, 0.1) is 5.56 Å². The molecule has 18 heavy (non-hydrogen) atoms. The van der Waals surface area contributed by atoms with E-state index < -0.39 is 36.0 Å². The molecule has 0 spiro atoms. The molecule has 1 aromatic rings. The first kappa shape index (κ1) is 14.7. The molecule has 0 saturated heterocycles. The van der Waals surface area contributed by atoms with E-state index in [4.69, 9.17) is 0 Å². The highest BCUT2D eigenvalue weighted by Crippen LogP contribution is 2.39. The summed E-state index contributed by atoms with van der Waals surface area (Å²) < 4.78 is 97.7. The van der Waals surface area contributed by atoms with E-state index in [2.05, 4.69) is 4.98 Å². The van der Waals surface area contributed by atoms with Crippen molar-refractivity contribution in [3.05, 3.63) is 29.6 Å². The van der Waals surface area contributed by atoms with Crippen molar-refractivity contribution in [2.24, 2.45) is 0 Å². The zero-order chi connectivity index (χ0) is 14.2. The van der Waals surface area contributed by atoms with Crippen LogP contribution in [0.15, 0.2) is 18.3 Å². The third-order valence-corrected chi connectivity index (χ3v) is 1.89. The lowest BCUT2D eigenvalue weighted by Gasteiger charge is -2.17. The predicted octanol–water partition coefficient (Wildman–Crippen LogP) is 4.14. The second-order valence-corrected chi connectivity index (χ2v) is 3.43. The number of alkyl halides is 8. The molecule has 0 aromatic carbocycles. The molecule has 9 heteroatoms. The number of halogens is 8. The first-order chi connectivity index (χ1) is 7.92. The van der Waals surface area contributed by atoms with Gasteiger partial charge >= 0.3 is 12.4 Å². The summed E-state index contributed by atoms with van der Waals surface area (Å²) in [6.45, 7) is 0. The van der Waals surface area contributed by atoms with Crippen molar-refractivity contribution in [2.45, 2.75) is 24.7 Å². The zero-order valence-electron chi connectivity index (χ0n) is 8.41. The monoisotopic (exact) mass is 279 g/mol. The molecule has 1 rings (SSSR count). The van der Waals surface area contributed by atoms with Gasteiger partial charge in [0.1, 0.15) is 12.1 Å². The van der Waals surface area contributed by atoms with Gasteiger partial charge < -0.3 is 0 Å². The van der Waals surface area contributed by atoms with Gasteiger partial charge in [0.25, 0.3) is 5.92 Å². The summed E-state index contributed by atoms with van der Waals surface area (Å²) in [6.07, 6.45) is -12.3. The van der Waals surface area contributed by atoms with E-state index in [9.17, 15) is 35.1 Å². The van der Waals surface area contributed by atoms with Gasteiger partial charge in [0.2, 0.25) is 0 Å². The number of aromatic nitrogens is 1. The minimum atomic E-state index is -5.14. The van der Waals surface area contributed by atoms with Crippen molar-refractivity contribution in [1.82, 2.24) is 4.98 Å². The summed E-state index contributed by atoms with van der Waals surface area (Å²) in [6, 6.07) is 0.487. The molecule has 0 aliphatic heterocycles. The predicted molar refractivity (Wildman–Crippen MR) is 43.8 cm³/mol. The SMILES string of the molecule is FC(F)(F)CC(F)(F)c1ccc(C(F)(F)F)cn1. The molecule has 0 fully saturated rings. The van der Waals surface area contributed by atoms with E-state index >= 15 is 0 Å². The summed E-state index contributed by atoms with van der Waals surface area (Å²) in [5, 5.41) is 0. The highest BCUT2D eigenvalue weighted by Gasteiger charge is 2.46. The lowest BCUT2D eigenvalue weighted by atomic mass is 10.1. The topological polar surface area (TPSA) is 12.9 Å². The van der Waals surface area contributed by atoms with Crippen LogP contribution in [0.2, 0.25) is 0 Å². The average molecular weight is 279 g/mol. The van der Waals surface area contributed by atoms with E-state index in [0.29, 0.717) is 0 Å². The van der Waals surface area contributed by atoms with Crippen molar-refractivity contribution < 1.29 is 35.1 Å². The molecule has 0 aliphatic carbocycles. The number of rotatable bonds is 2. The molecule has 0 radical (unpaired) electrons. The molecule has 0 saturated carbocycles. The van der Waals surface area contributed by atoms with Crippen molar-refractivity contribution in [3.63, 3.8) is 0 Å². The molecule has 0 atom stereocenters. The van der Waals surface area contributed by atoms with E-state index in [-0.39, 0.29) is 18.3 Å². The van der Waals surface area contributed by atoms with Crippen LogP contribution in [0.1, 0.15) is 17.7 Å². The summed E-state index contributed by atoms with van der Waals surface area (Å²) in [5.41, 5.74) is -2.66. The van der Waals surface area contributed by atoms with Gasteiger partial charge in [-0.15, -0.1) is 0 Å². The Morgan fingerprint density at radius 1 is 0.889 bits per heavy atom. The Balaban J connectivity index is 2.98. The van der Waals surface area contributed by atoms with Crippen molar-refractivity contribution >= 4 is 0 Å². The molecule has 1 nitrogen and oxygen atoms in total. The van der Waals surface area contributed by atoms with Gasteiger partial charge in [-0.1, -0.05) is 0 Å². The zero-order valence-corrected chi connectivity index (χ0v) is 8.41. The molecule has 0 bridgehead atoms. The number of hydrogen-bond acceptors (Lipinski definition) is 1. The normalized spacial score (nSPS) is 13.8. The molecular formula is C9H5F8N. The van der Waals surface area contributed by atoms with Gasteiger partial charge in [-0.25, -0.2) is 0 Å². The number of pyridine rings is 1. The average Bonchev–Trinajstić information content (AvgIpc) is 2.13. The van der Waals surface area contributed by atoms with Crippen LogP contribution < -0.4 is 0 Å². The largest absolute Gasteiger partial charge is 0.417 e. The van der Waals surface area contributed by atoms with Crippen molar-refractivity contribution in [2.75, 3.05) is 0 Å². The Morgan fingerprint density at radius 2 is 1.44 bits per heavy atom. The van der Waals surface area contributed by atoms with Crippen LogP contribution in [0.25, 0.3) is 0 Å². The second kappa shape index (κ2) is 4.36. The lowest BCUT2D eigenvalue weighted by molar-refractivity contribution is -0.192. The van der Waals surface area contributed by atoms with Gasteiger partial charge in [-0.3, -0.25) is 4.98 Å². The fourth-order valence-electron chi connectivity index (χ4n) is 1.12. The Kier molecular flexibility index (Phi) is 3.55. The van der Waals surface area contributed by atoms with Crippen molar-refractivity contribution in [1.29, 1.82) is 0 Å². The molecule has 1 aromatic heterocycles. The van der Waals surface area contributed by atoms with Gasteiger partial charge in [-0.05, 0) is 12.1 Å². The first-order valence-corrected chi connectivity index (χ1v) is 4.40. The lowest BCUT2D eigenvalue weighted by Crippen LogP contribution is -2.25. The molecular weight excluding hydrogens is 274 g/mol. The molecule has 0 N–H and O–H groups in total. The van der Waals surface area contributed by atoms with E-state index in [0.717, 1.165) is 0 Å². The van der Waals surface area contributed by atoms with Crippen LogP contribution in [0.4, 0.5) is 35.1 Å². The minimum Gasteiger partial charge on any atom is -0.254 e. The van der Waals surface area contributed by atoms with E-state index in [1.165, 1.54) is 0 Å². The third kappa shape index (κ3) is 3.81. The van der Waals surface area contributed by atoms with Crippen LogP contribution in [0, 0.1) is 0 Å². The summed E-state index contributed by atoms with van der Waals surface area (Å²) in [4.78, 5) is 2.73. The van der Waals surface area contributed by atoms with Crippen LogP contribution >= 0.6 is 0 Å². The highest BCUT2D eigenvalue weighted by molar-refractivity contribution is 5.19. The molecule has 1 heterocycles. The Bertz CT molecular complexity index is 402. The maximum absolute atomic E-state index is 13.0. The van der Waals surface area contributed by atoms with E-state index in [1.54, 1.807) is 0 Å². The Hall–Kier alpha value is -1.41. The van der Waals surface area contributed by atoms with Gasteiger partial charge in [0, 0.05) is 6.20 Å². The molecule has 0 aliphatic rings. The van der Waals surface area contributed by atoms with Gasteiger partial charge in [-0.2, -0.15) is 35.1 Å². The smallest absolute Gasteiger partial charge is 0.254 e.